The minimum Gasteiger partial charge on any atom is -0.492 e. The van der Waals surface area contributed by atoms with Crippen LogP contribution >= 0.6 is 0 Å². The molecule has 1 heterocycles. The van der Waals surface area contributed by atoms with Crippen LogP contribution in [0.2, 0.25) is 0 Å². The molecule has 0 aromatic heterocycles. The van der Waals surface area contributed by atoms with E-state index in [0.29, 0.717) is 6.61 Å². The average molecular weight is 234 g/mol. The van der Waals surface area contributed by atoms with E-state index in [0.717, 1.165) is 17.1 Å². The van der Waals surface area contributed by atoms with Crippen LogP contribution in [0.3, 0.4) is 0 Å². The minimum atomic E-state index is -0.544. The van der Waals surface area contributed by atoms with E-state index in [-0.39, 0.29) is 5.91 Å². The molecular formula is C13H18N2O2. The summed E-state index contributed by atoms with van der Waals surface area (Å²) in [5.74, 6) is 0.709. The summed E-state index contributed by atoms with van der Waals surface area (Å²) < 4.78 is 5.53. The Labute approximate surface area is 102 Å². The third-order valence-corrected chi connectivity index (χ3v) is 3.30. The van der Waals surface area contributed by atoms with Crippen LogP contribution in [0, 0.1) is 0 Å². The van der Waals surface area contributed by atoms with Crippen LogP contribution in [-0.2, 0) is 4.79 Å². The molecule has 4 nitrogen and oxygen atoms in total. The standard InChI is InChI=1S/C13H18N2O2/c1-5-17-10-8-6-7-9-11(10)14-12(16)13(2,3)15(9)4/h6-8H,5H2,1-4H3,(H,14,16). The molecule has 0 fully saturated rings. The van der Waals surface area contributed by atoms with Crippen LogP contribution in [-0.4, -0.2) is 25.1 Å². The van der Waals surface area contributed by atoms with Crippen LogP contribution < -0.4 is 15.0 Å². The lowest BCUT2D eigenvalue weighted by Gasteiger charge is -2.41. The van der Waals surface area contributed by atoms with Crippen LogP contribution in [0.4, 0.5) is 11.4 Å². The Hall–Kier alpha value is -1.71. The summed E-state index contributed by atoms with van der Waals surface area (Å²) in [7, 11) is 1.92. The maximum Gasteiger partial charge on any atom is 0.249 e. The topological polar surface area (TPSA) is 41.6 Å². The Morgan fingerprint density at radius 3 is 2.76 bits per heavy atom. The number of anilines is 2. The van der Waals surface area contributed by atoms with Crippen LogP contribution in [0.25, 0.3) is 0 Å². The fraction of sp³-hybridized carbons (Fsp3) is 0.462. The first-order chi connectivity index (χ1) is 7.98. The molecule has 17 heavy (non-hydrogen) atoms. The van der Waals surface area contributed by atoms with Crippen molar-refractivity contribution >= 4 is 17.3 Å². The largest absolute Gasteiger partial charge is 0.492 e. The van der Waals surface area contributed by atoms with Crippen LogP contribution in [0.5, 0.6) is 5.75 Å². The number of fused-ring (bicyclic) bond motifs is 1. The third kappa shape index (κ3) is 1.73. The van der Waals surface area contributed by atoms with Crippen molar-refractivity contribution in [3.63, 3.8) is 0 Å². The lowest BCUT2D eigenvalue weighted by molar-refractivity contribution is -0.120. The Morgan fingerprint density at radius 2 is 2.12 bits per heavy atom. The summed E-state index contributed by atoms with van der Waals surface area (Å²) in [6.45, 7) is 6.31. The molecule has 0 aliphatic carbocycles. The highest BCUT2D eigenvalue weighted by Gasteiger charge is 2.38. The number of ether oxygens (including phenoxy) is 1. The predicted molar refractivity (Wildman–Crippen MR) is 68.7 cm³/mol. The van der Waals surface area contributed by atoms with Gasteiger partial charge in [-0.3, -0.25) is 4.79 Å². The van der Waals surface area contributed by atoms with Crippen molar-refractivity contribution in [3.05, 3.63) is 18.2 Å². The number of likely N-dealkylation sites (N-methyl/N-ethyl adjacent to an activating group) is 1. The molecule has 92 valence electrons. The first-order valence-electron chi connectivity index (χ1n) is 5.79. The SMILES string of the molecule is CCOc1cccc2c1NC(=O)C(C)(C)N2C. The highest BCUT2D eigenvalue weighted by atomic mass is 16.5. The summed E-state index contributed by atoms with van der Waals surface area (Å²) in [6.07, 6.45) is 0. The first kappa shape index (κ1) is 11.8. The molecule has 1 aliphatic rings. The van der Waals surface area contributed by atoms with E-state index in [1.54, 1.807) is 0 Å². The highest BCUT2D eigenvalue weighted by molar-refractivity contribution is 6.07. The molecule has 0 atom stereocenters. The van der Waals surface area contributed by atoms with Gasteiger partial charge in [0.25, 0.3) is 0 Å². The molecule has 0 radical (unpaired) electrons. The molecule has 1 aromatic rings. The maximum absolute atomic E-state index is 12.0. The fourth-order valence-corrected chi connectivity index (χ4v) is 1.92. The number of carbonyl (C=O) groups excluding carboxylic acids is 1. The van der Waals surface area contributed by atoms with Crippen LogP contribution in [0.1, 0.15) is 20.8 Å². The second-order valence-electron chi connectivity index (χ2n) is 4.66. The quantitative estimate of drug-likeness (QED) is 0.853. The van der Waals surface area contributed by atoms with Gasteiger partial charge in [-0.2, -0.15) is 0 Å². The number of hydrogen-bond acceptors (Lipinski definition) is 3. The van der Waals surface area contributed by atoms with Gasteiger partial charge in [-0.1, -0.05) is 6.07 Å². The number of nitrogens with zero attached hydrogens (tertiary/aromatic N) is 1. The van der Waals surface area contributed by atoms with Crippen molar-refractivity contribution in [2.45, 2.75) is 26.3 Å². The lowest BCUT2D eigenvalue weighted by Crippen LogP contribution is -2.54. The average Bonchev–Trinajstić information content (AvgIpc) is 2.29. The van der Waals surface area contributed by atoms with Crippen molar-refractivity contribution in [2.24, 2.45) is 0 Å². The smallest absolute Gasteiger partial charge is 0.249 e. The summed E-state index contributed by atoms with van der Waals surface area (Å²) in [5, 5.41) is 2.93. The number of hydrogen-bond donors (Lipinski definition) is 1. The van der Waals surface area contributed by atoms with Gasteiger partial charge in [0, 0.05) is 7.05 Å². The molecule has 0 unspecified atom stereocenters. The minimum absolute atomic E-state index is 0.0142. The van der Waals surface area contributed by atoms with Gasteiger partial charge in [0.05, 0.1) is 12.3 Å². The Kier molecular flexibility index (Phi) is 2.73. The maximum atomic E-state index is 12.0. The van der Waals surface area contributed by atoms with Gasteiger partial charge in [0.1, 0.15) is 17.0 Å². The van der Waals surface area contributed by atoms with Gasteiger partial charge >= 0.3 is 0 Å². The van der Waals surface area contributed by atoms with E-state index in [2.05, 4.69) is 5.32 Å². The second kappa shape index (κ2) is 3.95. The van der Waals surface area contributed by atoms with E-state index < -0.39 is 5.54 Å². The lowest BCUT2D eigenvalue weighted by atomic mass is 9.97. The fourth-order valence-electron chi connectivity index (χ4n) is 1.92. The van der Waals surface area contributed by atoms with E-state index in [1.807, 2.05) is 50.9 Å². The predicted octanol–water partition coefficient (Wildman–Crippen LogP) is 2.25. The van der Waals surface area contributed by atoms with Gasteiger partial charge in [0.2, 0.25) is 5.91 Å². The van der Waals surface area contributed by atoms with Crippen molar-refractivity contribution < 1.29 is 9.53 Å². The molecule has 1 N–H and O–H groups in total. The Bertz CT molecular complexity index is 455. The Balaban J connectivity index is 2.52. The summed E-state index contributed by atoms with van der Waals surface area (Å²) >= 11 is 0. The van der Waals surface area contributed by atoms with E-state index >= 15 is 0 Å². The molecule has 0 saturated carbocycles. The van der Waals surface area contributed by atoms with Gasteiger partial charge < -0.3 is 15.0 Å². The zero-order valence-corrected chi connectivity index (χ0v) is 10.7. The van der Waals surface area contributed by atoms with Crippen molar-refractivity contribution in [2.75, 3.05) is 23.9 Å². The molecule has 0 bridgehead atoms. The number of amides is 1. The number of nitrogens with one attached hydrogen (secondary N) is 1. The van der Waals surface area contributed by atoms with E-state index in [9.17, 15) is 4.79 Å². The number of carbonyl (C=O) groups is 1. The first-order valence-corrected chi connectivity index (χ1v) is 5.79. The molecule has 2 rings (SSSR count). The number of para-hydroxylation sites is 1. The summed E-state index contributed by atoms with van der Waals surface area (Å²) in [5.41, 5.74) is 1.21. The summed E-state index contributed by atoms with van der Waals surface area (Å²) in [6, 6.07) is 5.79. The van der Waals surface area contributed by atoms with Crippen molar-refractivity contribution in [1.82, 2.24) is 0 Å². The normalized spacial score (nSPS) is 17.4. The van der Waals surface area contributed by atoms with E-state index in [1.165, 1.54) is 0 Å². The summed E-state index contributed by atoms with van der Waals surface area (Å²) in [4.78, 5) is 14.0. The molecule has 1 aromatic carbocycles. The van der Waals surface area contributed by atoms with Gasteiger partial charge in [-0.05, 0) is 32.9 Å². The monoisotopic (exact) mass is 234 g/mol. The van der Waals surface area contributed by atoms with Crippen LogP contribution in [0.15, 0.2) is 18.2 Å². The molecular weight excluding hydrogens is 216 g/mol. The molecule has 1 amide bonds. The van der Waals surface area contributed by atoms with Gasteiger partial charge in [-0.25, -0.2) is 0 Å². The zero-order valence-electron chi connectivity index (χ0n) is 10.7. The molecule has 0 saturated heterocycles. The molecule has 4 heteroatoms. The second-order valence-corrected chi connectivity index (χ2v) is 4.66. The Morgan fingerprint density at radius 1 is 1.41 bits per heavy atom. The number of benzene rings is 1. The van der Waals surface area contributed by atoms with Crippen molar-refractivity contribution in [3.8, 4) is 5.75 Å². The molecule has 1 aliphatic heterocycles. The van der Waals surface area contributed by atoms with E-state index in [4.69, 9.17) is 4.74 Å². The highest BCUT2D eigenvalue weighted by Crippen LogP contribution is 2.41. The third-order valence-electron chi connectivity index (χ3n) is 3.30. The van der Waals surface area contributed by atoms with Gasteiger partial charge in [0.15, 0.2) is 0 Å². The zero-order chi connectivity index (χ0) is 12.6. The molecule has 0 spiro atoms. The van der Waals surface area contributed by atoms with Gasteiger partial charge in [-0.15, -0.1) is 0 Å². The van der Waals surface area contributed by atoms with Crippen molar-refractivity contribution in [1.29, 1.82) is 0 Å². The number of rotatable bonds is 2.